The van der Waals surface area contributed by atoms with Crippen LogP contribution in [0.3, 0.4) is 0 Å². The van der Waals surface area contributed by atoms with E-state index >= 15 is 0 Å². The molecule has 0 bridgehead atoms. The van der Waals surface area contributed by atoms with Crippen LogP contribution in [-0.4, -0.2) is 5.97 Å². The van der Waals surface area contributed by atoms with E-state index in [0.29, 0.717) is 22.6 Å². The molecule has 5 nitrogen and oxygen atoms in total. The zero-order valence-corrected chi connectivity index (χ0v) is 14.1. The number of esters is 1. The van der Waals surface area contributed by atoms with E-state index < -0.39 is 11.6 Å². The smallest absolute Gasteiger partial charge is 0.343 e. The monoisotopic (exact) mass is 358 g/mol. The molecule has 1 aromatic heterocycles. The molecule has 1 heterocycles. The highest BCUT2D eigenvalue weighted by atomic mass is 16.5. The molecule has 0 saturated carbocycles. The SMILES string of the molecule is O=C(Oc1ccc2ccc(=O)oc2c1)c1cccc(Oc2ccccc2)c1. The van der Waals surface area contributed by atoms with E-state index in [9.17, 15) is 9.59 Å². The van der Waals surface area contributed by atoms with Crippen molar-refractivity contribution >= 4 is 16.9 Å². The molecule has 0 fully saturated rings. The Bertz CT molecular complexity index is 1160. The fourth-order valence-electron chi connectivity index (χ4n) is 2.58. The van der Waals surface area contributed by atoms with Gasteiger partial charge in [0, 0.05) is 17.5 Å². The minimum absolute atomic E-state index is 0.288. The molecule has 27 heavy (non-hydrogen) atoms. The second-order valence-electron chi connectivity index (χ2n) is 5.79. The predicted molar refractivity (Wildman–Crippen MR) is 100 cm³/mol. The molecule has 0 aliphatic carbocycles. The molecule has 0 amide bonds. The van der Waals surface area contributed by atoms with Crippen LogP contribution < -0.4 is 15.1 Å². The van der Waals surface area contributed by atoms with Gasteiger partial charge in [-0.25, -0.2) is 9.59 Å². The maximum Gasteiger partial charge on any atom is 0.343 e. The summed E-state index contributed by atoms with van der Waals surface area (Å²) in [4.78, 5) is 23.8. The first-order valence-corrected chi connectivity index (χ1v) is 8.26. The van der Waals surface area contributed by atoms with Gasteiger partial charge in [0.1, 0.15) is 22.8 Å². The molecule has 0 atom stereocenters. The predicted octanol–water partition coefficient (Wildman–Crippen LogP) is 4.80. The number of para-hydroxylation sites is 1. The normalized spacial score (nSPS) is 10.5. The zero-order valence-electron chi connectivity index (χ0n) is 14.1. The lowest BCUT2D eigenvalue weighted by Gasteiger charge is -2.08. The Labute approximate surface area is 154 Å². The van der Waals surface area contributed by atoms with Crippen LogP contribution in [0.15, 0.2) is 94.1 Å². The molecular weight excluding hydrogens is 344 g/mol. The van der Waals surface area contributed by atoms with Gasteiger partial charge in [-0.05, 0) is 48.5 Å². The fraction of sp³-hybridized carbons (Fsp3) is 0. The highest BCUT2D eigenvalue weighted by molar-refractivity contribution is 5.92. The average Bonchev–Trinajstić information content (AvgIpc) is 2.68. The minimum atomic E-state index is -0.536. The first-order valence-electron chi connectivity index (χ1n) is 8.26. The van der Waals surface area contributed by atoms with Crippen molar-refractivity contribution in [1.82, 2.24) is 0 Å². The summed E-state index contributed by atoms with van der Waals surface area (Å²) in [5, 5.41) is 0.743. The Hall–Kier alpha value is -3.86. The highest BCUT2D eigenvalue weighted by Crippen LogP contribution is 2.24. The summed E-state index contributed by atoms with van der Waals surface area (Å²) >= 11 is 0. The molecule has 0 aliphatic heterocycles. The van der Waals surface area contributed by atoms with Crippen LogP contribution >= 0.6 is 0 Å². The largest absolute Gasteiger partial charge is 0.457 e. The molecule has 0 unspecified atom stereocenters. The van der Waals surface area contributed by atoms with Crippen molar-refractivity contribution in [3.8, 4) is 17.2 Å². The quantitative estimate of drug-likeness (QED) is 0.298. The van der Waals surface area contributed by atoms with Gasteiger partial charge in [0.2, 0.25) is 0 Å². The Morgan fingerprint density at radius 1 is 0.741 bits per heavy atom. The van der Waals surface area contributed by atoms with E-state index in [0.717, 1.165) is 5.39 Å². The van der Waals surface area contributed by atoms with Crippen molar-refractivity contribution < 1.29 is 18.7 Å². The van der Waals surface area contributed by atoms with Gasteiger partial charge in [-0.2, -0.15) is 0 Å². The number of fused-ring (bicyclic) bond motifs is 1. The van der Waals surface area contributed by atoms with Crippen LogP contribution in [0.25, 0.3) is 11.0 Å². The molecule has 0 radical (unpaired) electrons. The fourth-order valence-corrected chi connectivity index (χ4v) is 2.58. The highest BCUT2D eigenvalue weighted by Gasteiger charge is 2.11. The van der Waals surface area contributed by atoms with Crippen LogP contribution in [-0.2, 0) is 0 Å². The Morgan fingerprint density at radius 3 is 2.37 bits per heavy atom. The third-order valence-corrected chi connectivity index (χ3v) is 3.85. The lowest BCUT2D eigenvalue weighted by atomic mass is 10.2. The van der Waals surface area contributed by atoms with E-state index in [1.54, 1.807) is 42.5 Å². The molecule has 0 aliphatic rings. The van der Waals surface area contributed by atoms with Crippen molar-refractivity contribution in [2.24, 2.45) is 0 Å². The summed E-state index contributed by atoms with van der Waals surface area (Å²) in [7, 11) is 0. The van der Waals surface area contributed by atoms with E-state index in [2.05, 4.69) is 0 Å². The van der Waals surface area contributed by atoms with Gasteiger partial charge in [0.05, 0.1) is 5.56 Å². The Balaban J connectivity index is 1.54. The van der Waals surface area contributed by atoms with Gasteiger partial charge >= 0.3 is 11.6 Å². The lowest BCUT2D eigenvalue weighted by molar-refractivity contribution is 0.0734. The summed E-state index contributed by atoms with van der Waals surface area (Å²) < 4.78 is 16.2. The van der Waals surface area contributed by atoms with E-state index in [4.69, 9.17) is 13.9 Å². The molecular formula is C22H14O5. The number of benzene rings is 3. The maximum absolute atomic E-state index is 12.5. The molecule has 3 aromatic carbocycles. The van der Waals surface area contributed by atoms with Crippen LogP contribution in [0, 0.1) is 0 Å². The standard InChI is InChI=1S/C22H14O5/c23-21-12-10-15-9-11-19(14-20(15)27-21)26-22(24)16-5-4-8-18(13-16)25-17-6-2-1-3-7-17/h1-14H. The molecule has 0 spiro atoms. The first kappa shape index (κ1) is 16.6. The minimum Gasteiger partial charge on any atom is -0.457 e. The van der Waals surface area contributed by atoms with Gasteiger partial charge in [0.15, 0.2) is 0 Å². The van der Waals surface area contributed by atoms with E-state index in [1.165, 1.54) is 12.1 Å². The topological polar surface area (TPSA) is 65.7 Å². The zero-order chi connectivity index (χ0) is 18.6. The number of rotatable bonds is 4. The van der Waals surface area contributed by atoms with Crippen molar-refractivity contribution in [2.45, 2.75) is 0 Å². The summed E-state index contributed by atoms with van der Waals surface area (Å²) in [5.41, 5.74) is 0.240. The van der Waals surface area contributed by atoms with E-state index in [-0.39, 0.29) is 5.75 Å². The Morgan fingerprint density at radius 2 is 1.52 bits per heavy atom. The van der Waals surface area contributed by atoms with Crippen LogP contribution in [0.2, 0.25) is 0 Å². The molecule has 0 N–H and O–H groups in total. The van der Waals surface area contributed by atoms with Gasteiger partial charge in [0.25, 0.3) is 0 Å². The molecule has 0 saturated heterocycles. The summed E-state index contributed by atoms with van der Waals surface area (Å²) in [6.07, 6.45) is 0. The average molecular weight is 358 g/mol. The van der Waals surface area contributed by atoms with Crippen molar-refractivity contribution in [3.63, 3.8) is 0 Å². The summed E-state index contributed by atoms with van der Waals surface area (Å²) in [6, 6.07) is 23.9. The summed E-state index contributed by atoms with van der Waals surface area (Å²) in [6.45, 7) is 0. The molecule has 132 valence electrons. The number of carbonyl (C=O) groups is 1. The third kappa shape index (κ3) is 3.88. The second-order valence-corrected chi connectivity index (χ2v) is 5.79. The summed E-state index contributed by atoms with van der Waals surface area (Å²) in [5.74, 6) is 0.954. The molecule has 4 rings (SSSR count). The van der Waals surface area contributed by atoms with Gasteiger partial charge in [-0.3, -0.25) is 0 Å². The maximum atomic E-state index is 12.5. The van der Waals surface area contributed by atoms with Crippen LogP contribution in [0.5, 0.6) is 17.2 Å². The number of carbonyl (C=O) groups excluding carboxylic acids is 1. The third-order valence-electron chi connectivity index (χ3n) is 3.85. The molecule has 4 aromatic rings. The number of ether oxygens (including phenoxy) is 2. The first-order chi connectivity index (χ1) is 13.2. The number of hydrogen-bond donors (Lipinski definition) is 0. The molecule has 5 heteroatoms. The Kier molecular flexibility index (Phi) is 4.41. The lowest BCUT2D eigenvalue weighted by Crippen LogP contribution is -2.08. The van der Waals surface area contributed by atoms with Crippen LogP contribution in [0.1, 0.15) is 10.4 Å². The van der Waals surface area contributed by atoms with Gasteiger partial charge in [-0.1, -0.05) is 24.3 Å². The van der Waals surface area contributed by atoms with Crippen molar-refractivity contribution in [3.05, 3.63) is 101 Å². The van der Waals surface area contributed by atoms with Crippen LogP contribution in [0.4, 0.5) is 0 Å². The van der Waals surface area contributed by atoms with Crippen molar-refractivity contribution in [2.75, 3.05) is 0 Å². The van der Waals surface area contributed by atoms with Gasteiger partial charge < -0.3 is 13.9 Å². The van der Waals surface area contributed by atoms with Gasteiger partial charge in [-0.15, -0.1) is 0 Å². The van der Waals surface area contributed by atoms with Crippen molar-refractivity contribution in [1.29, 1.82) is 0 Å². The van der Waals surface area contributed by atoms with E-state index in [1.807, 2.05) is 30.3 Å². The second kappa shape index (κ2) is 7.17. The number of hydrogen-bond acceptors (Lipinski definition) is 5.